The monoisotopic (exact) mass is 268 g/mol. The fourth-order valence-corrected chi connectivity index (χ4v) is 3.82. The lowest BCUT2D eigenvalue weighted by molar-refractivity contribution is -0.141. The van der Waals surface area contributed by atoms with Crippen LogP contribution in [0.3, 0.4) is 0 Å². The van der Waals surface area contributed by atoms with Crippen LogP contribution in [0.15, 0.2) is 0 Å². The van der Waals surface area contributed by atoms with Gasteiger partial charge in [-0.25, -0.2) is 0 Å². The molecule has 0 spiro atoms. The van der Waals surface area contributed by atoms with Gasteiger partial charge in [-0.2, -0.15) is 0 Å². The molecule has 2 aliphatic rings. The van der Waals surface area contributed by atoms with E-state index in [0.29, 0.717) is 25.0 Å². The van der Waals surface area contributed by atoms with Gasteiger partial charge in [0.1, 0.15) is 0 Å². The third-order valence-electron chi connectivity index (χ3n) is 4.92. The molecule has 0 bridgehead atoms. The van der Waals surface area contributed by atoms with E-state index in [1.165, 1.54) is 19.3 Å². The van der Waals surface area contributed by atoms with Crippen molar-refractivity contribution < 1.29 is 9.90 Å². The molecule has 0 aromatic heterocycles. The molecule has 2 fully saturated rings. The van der Waals surface area contributed by atoms with Crippen molar-refractivity contribution in [2.45, 2.75) is 57.4 Å². The molecule has 0 aromatic rings. The van der Waals surface area contributed by atoms with Crippen LogP contribution in [0.2, 0.25) is 0 Å². The predicted octanol–water partition coefficient (Wildman–Crippen LogP) is 1.51. The van der Waals surface area contributed by atoms with Crippen molar-refractivity contribution in [3.05, 3.63) is 0 Å². The zero-order chi connectivity index (χ0) is 13.7. The molecule has 0 radical (unpaired) electrons. The second-order valence-corrected chi connectivity index (χ2v) is 6.08. The second-order valence-electron chi connectivity index (χ2n) is 6.08. The molecular weight excluding hydrogens is 240 g/mol. The molecule has 2 rings (SSSR count). The second kappa shape index (κ2) is 7.25. The van der Waals surface area contributed by atoms with Gasteiger partial charge in [0.15, 0.2) is 0 Å². The molecule has 2 saturated carbocycles. The lowest BCUT2D eigenvalue weighted by atomic mass is 9.78. The summed E-state index contributed by atoms with van der Waals surface area (Å²) in [7, 11) is 0. The molecule has 2 unspecified atom stereocenters. The van der Waals surface area contributed by atoms with Gasteiger partial charge in [0.05, 0.1) is 6.61 Å². The Bertz CT molecular complexity index is 290. The number of hydrogen-bond donors (Lipinski definition) is 2. The standard InChI is InChI=1S/C15H28N2O2/c16-11-12-5-1-4-8-14(12)15(19)17(9-10-18)13-6-2-3-7-13/h12-14,18H,1-11,16H2. The molecule has 4 nitrogen and oxygen atoms in total. The first-order valence-corrected chi connectivity index (χ1v) is 7.89. The highest BCUT2D eigenvalue weighted by molar-refractivity contribution is 5.79. The van der Waals surface area contributed by atoms with Gasteiger partial charge in [-0.05, 0) is 38.1 Å². The molecule has 0 aromatic carbocycles. The predicted molar refractivity (Wildman–Crippen MR) is 75.6 cm³/mol. The summed E-state index contributed by atoms with van der Waals surface area (Å²) >= 11 is 0. The minimum absolute atomic E-state index is 0.0717. The summed E-state index contributed by atoms with van der Waals surface area (Å²) < 4.78 is 0. The maximum absolute atomic E-state index is 12.8. The molecule has 3 N–H and O–H groups in total. The van der Waals surface area contributed by atoms with Gasteiger partial charge in [-0.3, -0.25) is 4.79 Å². The van der Waals surface area contributed by atoms with Gasteiger partial charge >= 0.3 is 0 Å². The number of aliphatic hydroxyl groups excluding tert-OH is 1. The third-order valence-corrected chi connectivity index (χ3v) is 4.92. The maximum atomic E-state index is 12.8. The number of carbonyl (C=O) groups excluding carboxylic acids is 1. The summed E-state index contributed by atoms with van der Waals surface area (Å²) in [6.45, 7) is 1.19. The minimum Gasteiger partial charge on any atom is -0.395 e. The number of aliphatic hydroxyl groups is 1. The normalized spacial score (nSPS) is 28.5. The van der Waals surface area contributed by atoms with Crippen LogP contribution in [0.1, 0.15) is 51.4 Å². The number of nitrogens with zero attached hydrogens (tertiary/aromatic N) is 1. The van der Waals surface area contributed by atoms with Crippen molar-refractivity contribution in [3.8, 4) is 0 Å². The largest absolute Gasteiger partial charge is 0.395 e. The van der Waals surface area contributed by atoms with E-state index in [9.17, 15) is 9.90 Å². The molecule has 0 aliphatic heterocycles. The molecule has 1 amide bonds. The molecular formula is C15H28N2O2. The van der Waals surface area contributed by atoms with Gasteiger partial charge in [-0.1, -0.05) is 25.7 Å². The van der Waals surface area contributed by atoms with Crippen LogP contribution in [0.5, 0.6) is 0 Å². The summed E-state index contributed by atoms with van der Waals surface area (Å²) in [5.41, 5.74) is 5.84. The minimum atomic E-state index is 0.0717. The Morgan fingerprint density at radius 1 is 1.11 bits per heavy atom. The van der Waals surface area contributed by atoms with Gasteiger partial charge in [0.25, 0.3) is 0 Å². The highest BCUT2D eigenvalue weighted by Gasteiger charge is 2.35. The molecule has 0 heterocycles. The summed E-state index contributed by atoms with van der Waals surface area (Å²) in [4.78, 5) is 14.8. The Kier molecular flexibility index (Phi) is 5.64. The van der Waals surface area contributed by atoms with Gasteiger partial charge < -0.3 is 15.7 Å². The van der Waals surface area contributed by atoms with Crippen LogP contribution in [0.25, 0.3) is 0 Å². The van der Waals surface area contributed by atoms with E-state index in [0.717, 1.165) is 32.1 Å². The number of rotatable bonds is 5. The highest BCUT2D eigenvalue weighted by atomic mass is 16.3. The maximum Gasteiger partial charge on any atom is 0.226 e. The first-order valence-electron chi connectivity index (χ1n) is 7.89. The molecule has 19 heavy (non-hydrogen) atoms. The average molecular weight is 268 g/mol. The number of nitrogens with two attached hydrogens (primary N) is 1. The Balaban J connectivity index is 2.04. The molecule has 4 heteroatoms. The fourth-order valence-electron chi connectivity index (χ4n) is 3.82. The van der Waals surface area contributed by atoms with E-state index < -0.39 is 0 Å². The number of hydrogen-bond acceptors (Lipinski definition) is 3. The quantitative estimate of drug-likeness (QED) is 0.794. The van der Waals surface area contributed by atoms with Gasteiger partial charge in [0, 0.05) is 18.5 Å². The first kappa shape index (κ1) is 14.8. The van der Waals surface area contributed by atoms with Gasteiger partial charge in [0.2, 0.25) is 5.91 Å². The summed E-state index contributed by atoms with van der Waals surface area (Å²) in [5.74, 6) is 0.714. The zero-order valence-electron chi connectivity index (χ0n) is 11.9. The number of carbonyl (C=O) groups is 1. The van der Waals surface area contributed by atoms with Crippen LogP contribution in [0.4, 0.5) is 0 Å². The van der Waals surface area contributed by atoms with Crippen LogP contribution in [-0.4, -0.2) is 41.7 Å². The van der Waals surface area contributed by atoms with Crippen molar-refractivity contribution >= 4 is 5.91 Å². The van der Waals surface area contributed by atoms with E-state index in [-0.39, 0.29) is 18.4 Å². The molecule has 110 valence electrons. The molecule has 2 atom stereocenters. The highest BCUT2D eigenvalue weighted by Crippen LogP contribution is 2.33. The van der Waals surface area contributed by atoms with Crippen molar-refractivity contribution in [1.29, 1.82) is 0 Å². The van der Waals surface area contributed by atoms with Crippen molar-refractivity contribution in [3.63, 3.8) is 0 Å². The van der Waals surface area contributed by atoms with Gasteiger partial charge in [-0.15, -0.1) is 0 Å². The van der Waals surface area contributed by atoms with Crippen molar-refractivity contribution in [2.24, 2.45) is 17.6 Å². The SMILES string of the molecule is NCC1CCCCC1C(=O)N(CCO)C1CCCC1. The van der Waals surface area contributed by atoms with Crippen molar-refractivity contribution in [1.82, 2.24) is 4.90 Å². The summed E-state index contributed by atoms with van der Waals surface area (Å²) in [5, 5.41) is 9.25. The third kappa shape index (κ3) is 3.48. The topological polar surface area (TPSA) is 66.6 Å². The Morgan fingerprint density at radius 2 is 1.74 bits per heavy atom. The molecule has 2 aliphatic carbocycles. The Labute approximate surface area is 116 Å². The smallest absolute Gasteiger partial charge is 0.226 e. The number of amides is 1. The van der Waals surface area contributed by atoms with Crippen molar-refractivity contribution in [2.75, 3.05) is 19.7 Å². The first-order chi connectivity index (χ1) is 9.27. The Hall–Kier alpha value is -0.610. The Morgan fingerprint density at radius 3 is 2.37 bits per heavy atom. The summed E-state index contributed by atoms with van der Waals surface area (Å²) in [6.07, 6.45) is 9.05. The van der Waals surface area contributed by atoms with E-state index in [1.54, 1.807) is 0 Å². The summed E-state index contributed by atoms with van der Waals surface area (Å²) in [6, 6.07) is 0.361. The zero-order valence-corrected chi connectivity index (χ0v) is 11.9. The van der Waals surface area contributed by atoms with E-state index in [4.69, 9.17) is 5.73 Å². The van der Waals surface area contributed by atoms with E-state index in [1.807, 2.05) is 4.90 Å². The van der Waals surface area contributed by atoms with E-state index >= 15 is 0 Å². The van der Waals surface area contributed by atoms with Crippen LogP contribution in [0, 0.1) is 11.8 Å². The molecule has 0 saturated heterocycles. The average Bonchev–Trinajstić information content (AvgIpc) is 2.98. The van der Waals surface area contributed by atoms with Crippen LogP contribution in [-0.2, 0) is 4.79 Å². The fraction of sp³-hybridized carbons (Fsp3) is 0.933. The lowest BCUT2D eigenvalue weighted by Gasteiger charge is -2.36. The van der Waals surface area contributed by atoms with E-state index in [2.05, 4.69) is 0 Å². The lowest BCUT2D eigenvalue weighted by Crippen LogP contribution is -2.47. The van der Waals surface area contributed by atoms with Crippen LogP contribution >= 0.6 is 0 Å². The van der Waals surface area contributed by atoms with Crippen LogP contribution < -0.4 is 5.73 Å².